The minimum absolute atomic E-state index is 0.123. The third-order valence-electron chi connectivity index (χ3n) is 3.54. The fraction of sp³-hybridized carbons (Fsp3) is 0.188. The van der Waals surface area contributed by atoms with Gasteiger partial charge in [-0.25, -0.2) is 9.78 Å². The average Bonchev–Trinajstić information content (AvgIpc) is 3.13. The molecular weight excluding hydrogens is 312 g/mol. The van der Waals surface area contributed by atoms with E-state index in [0.29, 0.717) is 0 Å². The van der Waals surface area contributed by atoms with Gasteiger partial charge in [-0.05, 0) is 24.6 Å². The molecule has 0 fully saturated rings. The van der Waals surface area contributed by atoms with Crippen molar-refractivity contribution in [1.82, 2.24) is 9.55 Å². The molecule has 0 amide bonds. The highest BCUT2D eigenvalue weighted by Crippen LogP contribution is 2.29. The normalized spacial score (nSPS) is 10.7. The third-order valence-corrected chi connectivity index (χ3v) is 4.70. The number of nitriles is 1. The number of aryl methyl sites for hydroxylation is 1. The van der Waals surface area contributed by atoms with Crippen LogP contribution in [0.3, 0.4) is 0 Å². The van der Waals surface area contributed by atoms with Gasteiger partial charge in [-0.15, -0.1) is 11.3 Å². The Balaban J connectivity index is 2.21. The van der Waals surface area contributed by atoms with Gasteiger partial charge in [-0.3, -0.25) is 0 Å². The number of hydrogen-bond donors (Lipinski definition) is 1. The number of fused-ring (bicyclic) bond motifs is 1. The van der Waals surface area contributed by atoms with E-state index in [-0.39, 0.29) is 16.9 Å². The zero-order valence-corrected chi connectivity index (χ0v) is 13.5. The molecule has 7 heteroatoms. The highest BCUT2D eigenvalue weighted by atomic mass is 32.1. The summed E-state index contributed by atoms with van der Waals surface area (Å²) in [4.78, 5) is 16.5. The summed E-state index contributed by atoms with van der Waals surface area (Å²) < 4.78 is 7.39. The summed E-state index contributed by atoms with van der Waals surface area (Å²) in [5.41, 5.74) is 8.08. The smallest absolute Gasteiger partial charge is 0.357 e. The molecule has 23 heavy (non-hydrogen) atoms. The number of anilines is 1. The van der Waals surface area contributed by atoms with Crippen molar-refractivity contribution >= 4 is 33.2 Å². The van der Waals surface area contributed by atoms with Crippen LogP contribution in [0.1, 0.15) is 28.0 Å². The van der Waals surface area contributed by atoms with Gasteiger partial charge in [0.25, 0.3) is 0 Å². The monoisotopic (exact) mass is 326 g/mol. The Bertz CT molecular complexity index is 949. The molecule has 0 bridgehead atoms. The van der Waals surface area contributed by atoms with Crippen LogP contribution < -0.4 is 5.73 Å². The van der Waals surface area contributed by atoms with Crippen LogP contribution >= 0.6 is 11.3 Å². The van der Waals surface area contributed by atoms with E-state index in [0.717, 1.165) is 27.3 Å². The molecule has 0 unspecified atom stereocenters. The number of methoxy groups -OCH3 is 1. The number of nitrogens with zero attached hydrogens (tertiary/aromatic N) is 3. The molecule has 3 aromatic rings. The summed E-state index contributed by atoms with van der Waals surface area (Å²) >= 11 is 1.61. The first-order chi connectivity index (χ1) is 11.1. The highest BCUT2D eigenvalue weighted by Gasteiger charge is 2.21. The van der Waals surface area contributed by atoms with Crippen LogP contribution in [0.25, 0.3) is 15.9 Å². The molecule has 0 aliphatic rings. The van der Waals surface area contributed by atoms with E-state index in [2.05, 4.69) is 11.9 Å². The number of nitrogens with two attached hydrogens (primary N) is 1. The van der Waals surface area contributed by atoms with Crippen molar-refractivity contribution in [2.75, 3.05) is 12.8 Å². The molecule has 0 aliphatic heterocycles. The average molecular weight is 326 g/mol. The molecule has 116 valence electrons. The van der Waals surface area contributed by atoms with Gasteiger partial charge in [0.2, 0.25) is 0 Å². The van der Waals surface area contributed by atoms with Crippen molar-refractivity contribution in [2.45, 2.75) is 13.3 Å². The molecule has 0 radical (unpaired) electrons. The van der Waals surface area contributed by atoms with Gasteiger partial charge in [0.05, 0.1) is 33.6 Å². The molecule has 0 spiro atoms. The highest BCUT2D eigenvalue weighted by molar-refractivity contribution is 7.18. The van der Waals surface area contributed by atoms with Crippen molar-refractivity contribution in [3.8, 4) is 11.8 Å². The molecule has 3 rings (SSSR count). The molecule has 1 aromatic carbocycles. The lowest BCUT2D eigenvalue weighted by molar-refractivity contribution is 0.0593. The lowest BCUT2D eigenvalue weighted by Crippen LogP contribution is -2.11. The van der Waals surface area contributed by atoms with E-state index in [4.69, 9.17) is 15.7 Å². The SMILES string of the molecule is CCc1nc2ccc(-n3cc(C#N)c(N)c3C(=O)OC)cc2s1. The maximum atomic E-state index is 12.0. The first-order valence-electron chi connectivity index (χ1n) is 6.98. The van der Waals surface area contributed by atoms with Crippen LogP contribution in [0.15, 0.2) is 24.4 Å². The summed E-state index contributed by atoms with van der Waals surface area (Å²) in [5.74, 6) is -0.581. The van der Waals surface area contributed by atoms with Crippen molar-refractivity contribution in [3.63, 3.8) is 0 Å². The molecule has 0 aliphatic carbocycles. The van der Waals surface area contributed by atoms with Crippen molar-refractivity contribution < 1.29 is 9.53 Å². The van der Waals surface area contributed by atoms with E-state index < -0.39 is 5.97 Å². The summed E-state index contributed by atoms with van der Waals surface area (Å²) in [7, 11) is 1.28. The number of nitrogen functional groups attached to an aromatic ring is 1. The Kier molecular flexibility index (Phi) is 3.76. The number of esters is 1. The molecule has 0 saturated carbocycles. The molecule has 0 saturated heterocycles. The van der Waals surface area contributed by atoms with Gasteiger partial charge in [0, 0.05) is 11.9 Å². The number of rotatable bonds is 3. The maximum absolute atomic E-state index is 12.0. The lowest BCUT2D eigenvalue weighted by atomic mass is 10.2. The summed E-state index contributed by atoms with van der Waals surface area (Å²) in [5, 5.41) is 10.2. The van der Waals surface area contributed by atoms with E-state index >= 15 is 0 Å². The van der Waals surface area contributed by atoms with E-state index in [1.807, 2.05) is 24.3 Å². The summed E-state index contributed by atoms with van der Waals surface area (Å²) in [6.07, 6.45) is 2.42. The summed E-state index contributed by atoms with van der Waals surface area (Å²) in [6, 6.07) is 7.66. The molecule has 2 heterocycles. The first kappa shape index (κ1) is 15.1. The van der Waals surface area contributed by atoms with Crippen molar-refractivity contribution in [1.29, 1.82) is 5.26 Å². The molecule has 2 N–H and O–H groups in total. The number of ether oxygens (including phenoxy) is 1. The van der Waals surface area contributed by atoms with Gasteiger partial charge in [-0.1, -0.05) is 6.92 Å². The molecule has 6 nitrogen and oxygen atoms in total. The Morgan fingerprint density at radius 1 is 1.52 bits per heavy atom. The predicted octanol–water partition coefficient (Wildman–Crippen LogP) is 2.89. The molecule has 2 aromatic heterocycles. The van der Waals surface area contributed by atoms with Crippen LogP contribution in [0.4, 0.5) is 5.69 Å². The predicted molar refractivity (Wildman–Crippen MR) is 88.8 cm³/mol. The minimum atomic E-state index is -0.581. The summed E-state index contributed by atoms with van der Waals surface area (Å²) in [6.45, 7) is 2.06. The minimum Gasteiger partial charge on any atom is -0.464 e. The first-order valence-corrected chi connectivity index (χ1v) is 7.79. The van der Waals surface area contributed by atoms with Crippen LogP contribution in [0.5, 0.6) is 0 Å². The Hall–Kier alpha value is -2.85. The van der Waals surface area contributed by atoms with Crippen molar-refractivity contribution in [2.24, 2.45) is 0 Å². The zero-order valence-electron chi connectivity index (χ0n) is 12.7. The number of benzene rings is 1. The largest absolute Gasteiger partial charge is 0.464 e. The van der Waals surface area contributed by atoms with E-state index in [1.165, 1.54) is 7.11 Å². The van der Waals surface area contributed by atoms with Crippen LogP contribution in [0, 0.1) is 11.3 Å². The molecular formula is C16H14N4O2S. The Morgan fingerprint density at radius 3 is 2.96 bits per heavy atom. The Labute approximate surface area is 136 Å². The van der Waals surface area contributed by atoms with E-state index in [9.17, 15) is 4.79 Å². The van der Waals surface area contributed by atoms with E-state index in [1.54, 1.807) is 22.1 Å². The standard InChI is InChI=1S/C16H14N4O2S/c1-3-13-19-11-5-4-10(6-12(11)23-13)20-8-9(7-17)14(18)15(20)16(21)22-2/h4-6,8H,3,18H2,1-2H3. The number of carbonyl (C=O) groups excluding carboxylic acids is 1. The van der Waals surface area contributed by atoms with Gasteiger partial charge < -0.3 is 15.0 Å². The quantitative estimate of drug-likeness (QED) is 0.747. The van der Waals surface area contributed by atoms with Crippen LogP contribution in [-0.4, -0.2) is 22.6 Å². The fourth-order valence-corrected chi connectivity index (χ4v) is 3.32. The van der Waals surface area contributed by atoms with Crippen molar-refractivity contribution in [3.05, 3.63) is 40.7 Å². The van der Waals surface area contributed by atoms with Gasteiger partial charge >= 0.3 is 5.97 Å². The number of aromatic nitrogens is 2. The van der Waals surface area contributed by atoms with Crippen LogP contribution in [0.2, 0.25) is 0 Å². The topological polar surface area (TPSA) is 93.9 Å². The second-order valence-corrected chi connectivity index (χ2v) is 6.01. The second kappa shape index (κ2) is 5.74. The Morgan fingerprint density at radius 2 is 2.30 bits per heavy atom. The third kappa shape index (κ3) is 2.43. The number of thiazole rings is 1. The number of hydrogen-bond acceptors (Lipinski definition) is 6. The molecule has 0 atom stereocenters. The lowest BCUT2D eigenvalue weighted by Gasteiger charge is -2.08. The van der Waals surface area contributed by atoms with Gasteiger partial charge in [-0.2, -0.15) is 5.26 Å². The van der Waals surface area contributed by atoms with Crippen LogP contribution in [-0.2, 0) is 11.2 Å². The van der Waals surface area contributed by atoms with Gasteiger partial charge in [0.15, 0.2) is 5.69 Å². The van der Waals surface area contributed by atoms with Gasteiger partial charge in [0.1, 0.15) is 6.07 Å². The maximum Gasteiger partial charge on any atom is 0.357 e. The second-order valence-electron chi connectivity index (χ2n) is 4.89. The zero-order chi connectivity index (χ0) is 16.6. The number of carbonyl (C=O) groups is 1. The fourth-order valence-electron chi connectivity index (χ4n) is 2.38.